The van der Waals surface area contributed by atoms with Crippen molar-refractivity contribution in [2.75, 3.05) is 0 Å². The Morgan fingerprint density at radius 1 is 0.722 bits per heavy atom. The topological polar surface area (TPSA) is 0 Å². The number of benzene rings is 3. The molecule has 0 bridgehead atoms. The predicted octanol–water partition coefficient (Wildman–Crippen LogP) is 5.13. The fourth-order valence-corrected chi connectivity index (χ4v) is 2.96. The van der Waals surface area contributed by atoms with Crippen molar-refractivity contribution in [3.8, 4) is 22.3 Å². The van der Waals surface area contributed by atoms with Crippen LogP contribution in [-0.2, 0) is 0 Å². The van der Waals surface area contributed by atoms with Crippen LogP contribution < -0.4 is 0 Å². The summed E-state index contributed by atoms with van der Waals surface area (Å²) in [4.78, 5) is 0. The molecule has 0 saturated carbocycles. The van der Waals surface area contributed by atoms with Gasteiger partial charge in [0.15, 0.2) is 0 Å². The van der Waals surface area contributed by atoms with Gasteiger partial charge in [0.25, 0.3) is 0 Å². The molecule has 18 heavy (non-hydrogen) atoms. The average Bonchev–Trinajstić information content (AvgIpc) is 2.76. The normalized spacial score (nSPS) is 11.6. The number of hydrogen-bond acceptors (Lipinski definition) is 0. The van der Waals surface area contributed by atoms with Crippen LogP contribution in [0.5, 0.6) is 0 Å². The monoisotopic (exact) mass is 228 g/mol. The van der Waals surface area contributed by atoms with Crippen molar-refractivity contribution in [1.29, 1.82) is 0 Å². The third-order valence-corrected chi connectivity index (χ3v) is 3.74. The largest absolute Gasteiger partial charge is 0.0985 e. The Morgan fingerprint density at radius 2 is 1.44 bits per heavy atom. The molecule has 0 radical (unpaired) electrons. The van der Waals surface area contributed by atoms with E-state index in [1.165, 1.54) is 38.6 Å². The van der Waals surface area contributed by atoms with Gasteiger partial charge in [0.1, 0.15) is 0 Å². The van der Waals surface area contributed by atoms with Crippen molar-refractivity contribution in [2.24, 2.45) is 0 Å². The lowest BCUT2D eigenvalue weighted by Gasteiger charge is -2.04. The van der Waals surface area contributed by atoms with E-state index in [4.69, 9.17) is 0 Å². The quantitative estimate of drug-likeness (QED) is 0.423. The highest BCUT2D eigenvalue weighted by Gasteiger charge is 2.20. The summed E-state index contributed by atoms with van der Waals surface area (Å²) in [5, 5.41) is 2.68. The molecular formula is C18H12. The van der Waals surface area contributed by atoms with Crippen LogP contribution in [0.25, 0.3) is 39.1 Å². The van der Waals surface area contributed by atoms with Crippen LogP contribution in [0.1, 0.15) is 5.56 Å². The van der Waals surface area contributed by atoms with E-state index in [2.05, 4.69) is 61.2 Å². The molecule has 0 nitrogen and oxygen atoms in total. The van der Waals surface area contributed by atoms with Crippen LogP contribution in [-0.4, -0.2) is 0 Å². The SMILES string of the molecule is C=Cc1cc2c3c(cccc3c1)-c1ccccc1-2. The van der Waals surface area contributed by atoms with Gasteiger partial charge < -0.3 is 0 Å². The predicted molar refractivity (Wildman–Crippen MR) is 78.5 cm³/mol. The Balaban J connectivity index is 2.26. The lowest BCUT2D eigenvalue weighted by molar-refractivity contribution is 1.69. The van der Waals surface area contributed by atoms with Crippen molar-refractivity contribution >= 4 is 16.8 Å². The molecule has 84 valence electrons. The summed E-state index contributed by atoms with van der Waals surface area (Å²) >= 11 is 0. The lowest BCUT2D eigenvalue weighted by Crippen LogP contribution is -1.78. The first-order valence-electron chi connectivity index (χ1n) is 6.17. The molecule has 4 rings (SSSR count). The van der Waals surface area contributed by atoms with Gasteiger partial charge in [-0.05, 0) is 50.7 Å². The van der Waals surface area contributed by atoms with Gasteiger partial charge in [0.2, 0.25) is 0 Å². The molecule has 0 heteroatoms. The average molecular weight is 228 g/mol. The molecule has 0 atom stereocenters. The number of hydrogen-bond donors (Lipinski definition) is 0. The van der Waals surface area contributed by atoms with Gasteiger partial charge in [-0.1, -0.05) is 55.1 Å². The Labute approximate surface area is 106 Å². The highest BCUT2D eigenvalue weighted by Crippen LogP contribution is 2.47. The fourth-order valence-electron chi connectivity index (χ4n) is 2.96. The molecule has 0 amide bonds. The van der Waals surface area contributed by atoms with Crippen LogP contribution in [0, 0.1) is 0 Å². The third kappa shape index (κ3) is 1.10. The lowest BCUT2D eigenvalue weighted by atomic mass is 10.00. The molecule has 0 heterocycles. The molecule has 0 spiro atoms. The standard InChI is InChI=1S/C18H12/c1-2-12-10-13-6-5-9-16-14-7-3-4-8-15(14)17(11-12)18(13)16/h2-11H,1H2. The molecule has 0 aromatic heterocycles. The van der Waals surface area contributed by atoms with Gasteiger partial charge in [0, 0.05) is 0 Å². The van der Waals surface area contributed by atoms with E-state index in [1.807, 2.05) is 6.08 Å². The van der Waals surface area contributed by atoms with E-state index in [1.54, 1.807) is 0 Å². The molecular weight excluding hydrogens is 216 g/mol. The molecule has 0 fully saturated rings. The second-order valence-electron chi connectivity index (χ2n) is 4.72. The highest BCUT2D eigenvalue weighted by atomic mass is 14.2. The van der Waals surface area contributed by atoms with Gasteiger partial charge in [-0.25, -0.2) is 0 Å². The van der Waals surface area contributed by atoms with Crippen LogP contribution in [0.2, 0.25) is 0 Å². The van der Waals surface area contributed by atoms with Crippen LogP contribution >= 0.6 is 0 Å². The summed E-state index contributed by atoms with van der Waals surface area (Å²) < 4.78 is 0. The van der Waals surface area contributed by atoms with E-state index < -0.39 is 0 Å². The Kier molecular flexibility index (Phi) is 1.79. The maximum Gasteiger partial charge on any atom is -0.00260 e. The summed E-state index contributed by atoms with van der Waals surface area (Å²) in [5.41, 5.74) is 6.57. The van der Waals surface area contributed by atoms with Crippen molar-refractivity contribution < 1.29 is 0 Å². The fraction of sp³-hybridized carbons (Fsp3) is 0. The summed E-state index contributed by atoms with van der Waals surface area (Å²) in [6.45, 7) is 3.89. The molecule has 0 saturated heterocycles. The Bertz CT molecular complexity index is 794. The van der Waals surface area contributed by atoms with E-state index in [0.717, 1.165) is 0 Å². The first-order valence-corrected chi connectivity index (χ1v) is 6.17. The molecule has 0 unspecified atom stereocenters. The molecule has 1 aliphatic carbocycles. The minimum Gasteiger partial charge on any atom is -0.0985 e. The molecule has 0 N–H and O–H groups in total. The van der Waals surface area contributed by atoms with Gasteiger partial charge in [0.05, 0.1) is 0 Å². The molecule has 0 aliphatic heterocycles. The third-order valence-electron chi connectivity index (χ3n) is 3.74. The van der Waals surface area contributed by atoms with Crippen LogP contribution in [0.15, 0.2) is 61.2 Å². The van der Waals surface area contributed by atoms with Gasteiger partial charge in [-0.3, -0.25) is 0 Å². The van der Waals surface area contributed by atoms with Crippen molar-refractivity contribution in [3.05, 3.63) is 66.7 Å². The van der Waals surface area contributed by atoms with Crippen molar-refractivity contribution in [2.45, 2.75) is 0 Å². The second-order valence-corrected chi connectivity index (χ2v) is 4.72. The number of fused-ring (bicyclic) bond motifs is 3. The molecule has 1 aliphatic rings. The zero-order valence-electron chi connectivity index (χ0n) is 9.98. The minimum atomic E-state index is 1.19. The highest BCUT2D eigenvalue weighted by molar-refractivity contribution is 6.15. The summed E-state index contributed by atoms with van der Waals surface area (Å²) in [6, 6.07) is 19.6. The Morgan fingerprint density at radius 3 is 2.22 bits per heavy atom. The van der Waals surface area contributed by atoms with E-state index in [0.29, 0.717) is 0 Å². The zero-order valence-corrected chi connectivity index (χ0v) is 9.98. The maximum absolute atomic E-state index is 3.89. The van der Waals surface area contributed by atoms with Crippen LogP contribution in [0.4, 0.5) is 0 Å². The van der Waals surface area contributed by atoms with Crippen LogP contribution in [0.3, 0.4) is 0 Å². The Hall–Kier alpha value is -2.34. The van der Waals surface area contributed by atoms with Gasteiger partial charge >= 0.3 is 0 Å². The summed E-state index contributed by atoms with van der Waals surface area (Å²) in [7, 11) is 0. The maximum atomic E-state index is 3.89. The van der Waals surface area contributed by atoms with E-state index >= 15 is 0 Å². The molecule has 3 aromatic carbocycles. The zero-order chi connectivity index (χ0) is 12.1. The summed E-state index contributed by atoms with van der Waals surface area (Å²) in [5.74, 6) is 0. The number of rotatable bonds is 1. The summed E-state index contributed by atoms with van der Waals surface area (Å²) in [6.07, 6.45) is 1.92. The van der Waals surface area contributed by atoms with Gasteiger partial charge in [-0.15, -0.1) is 0 Å². The first kappa shape index (κ1) is 9.67. The minimum absolute atomic E-state index is 1.19. The van der Waals surface area contributed by atoms with Gasteiger partial charge in [-0.2, -0.15) is 0 Å². The second kappa shape index (κ2) is 3.33. The first-order chi connectivity index (χ1) is 8.88. The molecule has 3 aromatic rings. The van der Waals surface area contributed by atoms with E-state index in [-0.39, 0.29) is 0 Å². The van der Waals surface area contributed by atoms with Crippen molar-refractivity contribution in [3.63, 3.8) is 0 Å². The smallest absolute Gasteiger partial charge is 0.00260 e. The van der Waals surface area contributed by atoms with Crippen molar-refractivity contribution in [1.82, 2.24) is 0 Å². The van der Waals surface area contributed by atoms with E-state index in [9.17, 15) is 0 Å².